The van der Waals surface area contributed by atoms with Gasteiger partial charge in [-0.25, -0.2) is 0 Å². The van der Waals surface area contributed by atoms with Crippen molar-refractivity contribution in [1.82, 2.24) is 4.57 Å². The molecule has 0 amide bonds. The lowest BCUT2D eigenvalue weighted by atomic mass is 10.2. The van der Waals surface area contributed by atoms with Gasteiger partial charge < -0.3 is 4.57 Å². The van der Waals surface area contributed by atoms with Gasteiger partial charge in [0.05, 0.1) is 10.6 Å². The van der Waals surface area contributed by atoms with Crippen LogP contribution in [0.2, 0.25) is 0 Å². The second-order valence-electron chi connectivity index (χ2n) is 5.19. The fourth-order valence-electron chi connectivity index (χ4n) is 2.31. The van der Waals surface area contributed by atoms with E-state index in [9.17, 15) is 8.42 Å². The van der Waals surface area contributed by atoms with E-state index in [0.717, 1.165) is 15.7 Å². The molecule has 0 unspecified atom stereocenters. The van der Waals surface area contributed by atoms with Crippen molar-refractivity contribution in [3.63, 3.8) is 0 Å². The molecule has 128 valence electrons. The number of halogens is 1. The summed E-state index contributed by atoms with van der Waals surface area (Å²) in [7, 11) is -3.78. The van der Waals surface area contributed by atoms with E-state index < -0.39 is 10.0 Å². The largest absolute Gasteiger partial charge is 0.312 e. The lowest BCUT2D eigenvalue weighted by Gasteiger charge is -2.06. The maximum absolute atomic E-state index is 12.6. The third-order valence-corrected chi connectivity index (χ3v) is 6.28. The fourth-order valence-corrected chi connectivity index (χ4v) is 4.71. The van der Waals surface area contributed by atoms with Gasteiger partial charge in [-0.15, -0.1) is 22.3 Å². The van der Waals surface area contributed by atoms with Crippen LogP contribution in [0.1, 0.15) is 0 Å². The molecule has 4 nitrogen and oxygen atoms in total. The molecule has 0 saturated carbocycles. The Morgan fingerprint density at radius 2 is 1.80 bits per heavy atom. The first-order chi connectivity index (χ1) is 12.0. The van der Waals surface area contributed by atoms with E-state index in [4.69, 9.17) is 0 Å². The van der Waals surface area contributed by atoms with Gasteiger partial charge in [0.2, 0.25) is 4.80 Å². The zero-order chi connectivity index (χ0) is 17.9. The number of rotatable bonds is 5. The van der Waals surface area contributed by atoms with Gasteiger partial charge in [0.25, 0.3) is 10.0 Å². The minimum absolute atomic E-state index is 0.163. The van der Waals surface area contributed by atoms with E-state index >= 15 is 0 Å². The van der Waals surface area contributed by atoms with Gasteiger partial charge in [-0.1, -0.05) is 52.3 Å². The number of nitrogens with zero attached hydrogens (tertiary/aromatic N) is 2. The summed E-state index contributed by atoms with van der Waals surface area (Å²) in [5.41, 5.74) is 1.92. The van der Waals surface area contributed by atoms with Crippen LogP contribution in [0.3, 0.4) is 0 Å². The van der Waals surface area contributed by atoms with Crippen molar-refractivity contribution < 1.29 is 8.42 Å². The van der Waals surface area contributed by atoms with Crippen LogP contribution in [0.5, 0.6) is 0 Å². The van der Waals surface area contributed by atoms with Gasteiger partial charge in [-0.3, -0.25) is 0 Å². The van der Waals surface area contributed by atoms with Crippen molar-refractivity contribution in [3.05, 3.63) is 81.9 Å². The number of allylic oxidation sites excluding steroid dienone is 1. The molecule has 3 rings (SSSR count). The van der Waals surface area contributed by atoms with Gasteiger partial charge in [-0.05, 0) is 29.8 Å². The van der Waals surface area contributed by atoms with E-state index in [1.165, 1.54) is 23.5 Å². The minimum Gasteiger partial charge on any atom is -0.312 e. The Morgan fingerprint density at radius 3 is 2.44 bits per heavy atom. The Bertz CT molecular complexity index is 1050. The van der Waals surface area contributed by atoms with E-state index in [1.54, 1.807) is 18.2 Å². The number of thiazole rings is 1. The molecule has 7 heteroatoms. The molecule has 2 aromatic carbocycles. The molecule has 1 aromatic heterocycles. The van der Waals surface area contributed by atoms with E-state index in [0.29, 0.717) is 11.3 Å². The quantitative estimate of drug-likeness (QED) is 0.556. The van der Waals surface area contributed by atoms with Gasteiger partial charge in [0, 0.05) is 16.4 Å². The second-order valence-corrected chi connectivity index (χ2v) is 8.55. The van der Waals surface area contributed by atoms with Crippen LogP contribution in [-0.4, -0.2) is 13.0 Å². The van der Waals surface area contributed by atoms with Crippen molar-refractivity contribution >= 4 is 37.3 Å². The summed E-state index contributed by atoms with van der Waals surface area (Å²) in [5.74, 6) is 0. The van der Waals surface area contributed by atoms with Crippen LogP contribution < -0.4 is 4.80 Å². The summed E-state index contributed by atoms with van der Waals surface area (Å²) in [6.45, 7) is 4.24. The highest BCUT2D eigenvalue weighted by molar-refractivity contribution is 9.10. The molecule has 3 aromatic rings. The Kier molecular flexibility index (Phi) is 5.36. The Hall–Kier alpha value is -1.96. The van der Waals surface area contributed by atoms with Crippen molar-refractivity contribution in [2.24, 2.45) is 4.40 Å². The first-order valence-corrected chi connectivity index (χ1v) is 10.5. The number of aromatic nitrogens is 1. The lowest BCUT2D eigenvalue weighted by molar-refractivity contribution is 0.595. The van der Waals surface area contributed by atoms with Crippen LogP contribution in [0.25, 0.3) is 11.3 Å². The van der Waals surface area contributed by atoms with Crippen LogP contribution in [0, 0.1) is 0 Å². The Morgan fingerprint density at radius 1 is 1.12 bits per heavy atom. The Balaban J connectivity index is 2.13. The normalized spacial score (nSPS) is 12.3. The molecule has 0 spiro atoms. The monoisotopic (exact) mass is 434 g/mol. The predicted octanol–water partition coefficient (Wildman–Crippen LogP) is 4.45. The molecular weight excluding hydrogens is 420 g/mol. The second kappa shape index (κ2) is 7.51. The highest BCUT2D eigenvalue weighted by atomic mass is 79.9. The van der Waals surface area contributed by atoms with Crippen molar-refractivity contribution in [1.29, 1.82) is 0 Å². The van der Waals surface area contributed by atoms with Gasteiger partial charge in [-0.2, -0.15) is 8.42 Å². The smallest absolute Gasteiger partial charge is 0.285 e. The molecule has 0 saturated heterocycles. The van der Waals surface area contributed by atoms with Crippen LogP contribution in [0.4, 0.5) is 0 Å². The zero-order valence-corrected chi connectivity index (χ0v) is 16.4. The minimum atomic E-state index is -3.78. The molecule has 0 aliphatic carbocycles. The first kappa shape index (κ1) is 17.8. The highest BCUT2D eigenvalue weighted by Gasteiger charge is 2.14. The number of sulfonamides is 1. The Labute approximate surface area is 159 Å². The maximum Gasteiger partial charge on any atom is 0.285 e. The number of hydrogen-bond donors (Lipinski definition) is 0. The van der Waals surface area contributed by atoms with E-state index in [2.05, 4.69) is 26.9 Å². The maximum atomic E-state index is 12.6. The summed E-state index contributed by atoms with van der Waals surface area (Å²) in [5, 5.41) is 1.91. The summed E-state index contributed by atoms with van der Waals surface area (Å²) < 4.78 is 31.9. The topological polar surface area (TPSA) is 51.4 Å². The summed E-state index contributed by atoms with van der Waals surface area (Å²) in [4.78, 5) is 0.581. The van der Waals surface area contributed by atoms with Crippen LogP contribution in [0.15, 0.2) is 86.4 Å². The average molecular weight is 435 g/mol. The average Bonchev–Trinajstić information content (AvgIpc) is 2.98. The van der Waals surface area contributed by atoms with Crippen molar-refractivity contribution in [2.45, 2.75) is 11.4 Å². The summed E-state index contributed by atoms with van der Waals surface area (Å²) >= 11 is 4.60. The molecule has 0 atom stereocenters. The zero-order valence-electron chi connectivity index (χ0n) is 13.2. The molecular formula is C18H15BrN2O2S2. The molecule has 1 heterocycles. The molecule has 0 bridgehead atoms. The van der Waals surface area contributed by atoms with Crippen LogP contribution >= 0.6 is 27.3 Å². The van der Waals surface area contributed by atoms with Crippen molar-refractivity contribution in [2.75, 3.05) is 0 Å². The standard InChI is InChI=1S/C18H15BrN2O2S2/c1-2-12-21-17(14-6-4-3-5-7-14)13-24-18(21)20-25(22,23)16-10-8-15(19)9-11-16/h2-11,13H,1,12H2/b20-18+. The van der Waals surface area contributed by atoms with Gasteiger partial charge in [0.15, 0.2) is 0 Å². The summed E-state index contributed by atoms with van der Waals surface area (Å²) in [6, 6.07) is 16.2. The molecule has 0 fully saturated rings. The van der Waals surface area contributed by atoms with Crippen LogP contribution in [-0.2, 0) is 16.6 Å². The van der Waals surface area contributed by atoms with E-state index in [-0.39, 0.29) is 4.90 Å². The third kappa shape index (κ3) is 4.00. The SMILES string of the molecule is C=CCn1c(-c2ccccc2)cs/c1=N/S(=O)(=O)c1ccc(Br)cc1. The molecule has 25 heavy (non-hydrogen) atoms. The molecule has 0 aliphatic rings. The fraction of sp³-hybridized carbons (Fsp3) is 0.0556. The van der Waals surface area contributed by atoms with Gasteiger partial charge in [0.1, 0.15) is 0 Å². The van der Waals surface area contributed by atoms with Crippen molar-refractivity contribution in [3.8, 4) is 11.3 Å². The predicted molar refractivity (Wildman–Crippen MR) is 105 cm³/mol. The van der Waals surface area contributed by atoms with Gasteiger partial charge >= 0.3 is 0 Å². The molecule has 0 radical (unpaired) electrons. The number of hydrogen-bond acceptors (Lipinski definition) is 3. The highest BCUT2D eigenvalue weighted by Crippen LogP contribution is 2.21. The molecule has 0 N–H and O–H groups in total. The number of benzene rings is 2. The third-order valence-electron chi connectivity index (χ3n) is 3.49. The first-order valence-electron chi connectivity index (χ1n) is 7.42. The summed E-state index contributed by atoms with van der Waals surface area (Å²) in [6.07, 6.45) is 1.73. The molecule has 0 aliphatic heterocycles. The lowest BCUT2D eigenvalue weighted by Crippen LogP contribution is -2.17. The van der Waals surface area contributed by atoms with E-state index in [1.807, 2.05) is 40.3 Å².